The van der Waals surface area contributed by atoms with Crippen LogP contribution in [-0.2, 0) is 35.2 Å². The first-order chi connectivity index (χ1) is 21.3. The van der Waals surface area contributed by atoms with E-state index in [0.29, 0.717) is 16.5 Å². The molecule has 6 rings (SSSR count). The quantitative estimate of drug-likeness (QED) is 0.372. The molecule has 10 nitrogen and oxygen atoms in total. The number of hydrogen-bond donors (Lipinski definition) is 2. The number of aliphatic hydroxyl groups is 1. The Morgan fingerprint density at radius 3 is 2.43 bits per heavy atom. The number of carbonyl (C=O) groups excluding carboxylic acids is 4. The van der Waals surface area contributed by atoms with Crippen molar-refractivity contribution in [2.75, 3.05) is 26.2 Å². The van der Waals surface area contributed by atoms with Gasteiger partial charge >= 0.3 is 5.97 Å². The van der Waals surface area contributed by atoms with Gasteiger partial charge in [-0.2, -0.15) is 0 Å². The highest BCUT2D eigenvalue weighted by Gasteiger charge is 2.74. The van der Waals surface area contributed by atoms with Crippen LogP contribution in [-0.4, -0.2) is 82.6 Å². The highest BCUT2D eigenvalue weighted by Crippen LogP contribution is 2.59. The predicted octanol–water partition coefficient (Wildman–Crippen LogP) is 2.63. The summed E-state index contributed by atoms with van der Waals surface area (Å²) in [6.45, 7) is 0.0868. The summed E-state index contributed by atoms with van der Waals surface area (Å²) < 4.78 is 13.1. The van der Waals surface area contributed by atoms with Crippen LogP contribution in [0.15, 0.2) is 83.4 Å². The van der Waals surface area contributed by atoms with Gasteiger partial charge in [0.2, 0.25) is 17.7 Å². The van der Waals surface area contributed by atoms with Crippen molar-refractivity contribution >= 4 is 39.6 Å². The third-order valence-corrected chi connectivity index (χ3v) is 9.43. The van der Waals surface area contributed by atoms with Crippen LogP contribution in [0, 0.1) is 11.8 Å². The molecule has 2 N–H and O–H groups in total. The maximum atomic E-state index is 14.5. The molecule has 230 valence electrons. The van der Waals surface area contributed by atoms with E-state index in [0.717, 1.165) is 5.56 Å². The van der Waals surface area contributed by atoms with Crippen LogP contribution in [0.25, 0.3) is 0 Å². The monoisotopic (exact) mass is 663 g/mol. The van der Waals surface area contributed by atoms with Crippen LogP contribution >= 0.6 is 15.9 Å². The average Bonchev–Trinajstić information content (AvgIpc) is 3.62. The van der Waals surface area contributed by atoms with E-state index in [-0.39, 0.29) is 51.0 Å². The van der Waals surface area contributed by atoms with Gasteiger partial charge in [0.25, 0.3) is 0 Å². The zero-order chi connectivity index (χ0) is 30.8. The molecule has 2 aromatic rings. The fourth-order valence-corrected chi connectivity index (χ4v) is 7.50. The van der Waals surface area contributed by atoms with E-state index in [1.54, 1.807) is 11.0 Å². The summed E-state index contributed by atoms with van der Waals surface area (Å²) in [6, 6.07) is 17.5. The third kappa shape index (κ3) is 5.48. The number of esters is 1. The molecular formula is C33H34BrN3O7. The van der Waals surface area contributed by atoms with E-state index in [1.807, 2.05) is 72.8 Å². The largest absolute Gasteiger partial charge is 0.455 e. The van der Waals surface area contributed by atoms with Crippen LogP contribution in [0.4, 0.5) is 0 Å². The number of hydrogen-bond acceptors (Lipinski definition) is 7. The van der Waals surface area contributed by atoms with E-state index in [9.17, 15) is 24.3 Å². The number of carbonyl (C=O) groups is 4. The first-order valence-electron chi connectivity index (χ1n) is 14.8. The Bertz CT molecular complexity index is 1480. The first-order valence-corrected chi connectivity index (χ1v) is 15.6. The number of nitrogens with zero attached hydrogens (tertiary/aromatic N) is 2. The number of benzene rings is 2. The molecule has 4 aliphatic rings. The summed E-state index contributed by atoms with van der Waals surface area (Å²) in [5, 5.41) is 12.8. The van der Waals surface area contributed by atoms with Crippen LogP contribution < -0.4 is 5.32 Å². The molecule has 6 atom stereocenters. The van der Waals surface area contributed by atoms with Crippen molar-refractivity contribution in [3.8, 4) is 0 Å². The summed E-state index contributed by atoms with van der Waals surface area (Å²) in [4.78, 5) is 58.4. The minimum Gasteiger partial charge on any atom is -0.455 e. The third-order valence-electron chi connectivity index (χ3n) is 8.75. The second-order valence-corrected chi connectivity index (χ2v) is 12.4. The molecule has 4 aliphatic heterocycles. The van der Waals surface area contributed by atoms with Crippen LogP contribution in [0.2, 0.25) is 0 Å². The Kier molecular flexibility index (Phi) is 8.70. The van der Waals surface area contributed by atoms with Crippen molar-refractivity contribution < 1.29 is 33.8 Å². The van der Waals surface area contributed by atoms with Gasteiger partial charge in [0.1, 0.15) is 29.8 Å². The van der Waals surface area contributed by atoms with Gasteiger partial charge in [-0.1, -0.05) is 88.7 Å². The Labute approximate surface area is 263 Å². The summed E-state index contributed by atoms with van der Waals surface area (Å²) >= 11 is 3.55. The number of rotatable bonds is 5. The van der Waals surface area contributed by atoms with Crippen molar-refractivity contribution in [3.05, 3.63) is 94.5 Å². The average molecular weight is 665 g/mol. The Hall–Kier alpha value is -3.80. The molecule has 2 fully saturated rings. The van der Waals surface area contributed by atoms with Gasteiger partial charge in [0, 0.05) is 30.5 Å². The van der Waals surface area contributed by atoms with Gasteiger partial charge < -0.3 is 29.7 Å². The molecule has 0 radical (unpaired) electrons. The van der Waals surface area contributed by atoms with E-state index in [1.165, 1.54) is 4.90 Å². The zero-order valence-electron chi connectivity index (χ0n) is 24.0. The molecule has 0 aromatic heterocycles. The lowest BCUT2D eigenvalue weighted by molar-refractivity contribution is -0.160. The number of amides is 3. The lowest BCUT2D eigenvalue weighted by atomic mass is 9.74. The summed E-state index contributed by atoms with van der Waals surface area (Å²) in [5.41, 5.74) is 0.157. The topological polar surface area (TPSA) is 125 Å². The zero-order valence-corrected chi connectivity index (χ0v) is 25.6. The molecule has 4 heterocycles. The number of halogens is 1. The SMILES string of the molecule is O=C1CC/C=C\CN(Cc2ccccc2)C(=O)[C@@H]2N(CCO)C(=O)[C@H]3[C@H](C(=O)O[C@H](c4ccccc4)CN1)[C@H]1O[C@@]23C=C1Br. The minimum atomic E-state index is -1.43. The van der Waals surface area contributed by atoms with Crippen LogP contribution in [0.5, 0.6) is 0 Å². The number of cyclic esters (lactones) is 1. The van der Waals surface area contributed by atoms with Crippen LogP contribution in [0.1, 0.15) is 30.1 Å². The van der Waals surface area contributed by atoms with Crippen molar-refractivity contribution in [1.29, 1.82) is 0 Å². The fraction of sp³-hybridized carbons (Fsp3) is 0.394. The maximum absolute atomic E-state index is 14.5. The number of ether oxygens (including phenoxy) is 2. The molecule has 3 amide bonds. The van der Waals surface area contributed by atoms with Crippen molar-refractivity contribution in [2.45, 2.75) is 43.2 Å². The summed E-state index contributed by atoms with van der Waals surface area (Å²) in [6.07, 6.45) is 4.48. The van der Waals surface area contributed by atoms with Crippen LogP contribution in [0.3, 0.4) is 0 Å². The van der Waals surface area contributed by atoms with Gasteiger partial charge in [0.05, 0.1) is 19.1 Å². The molecule has 0 saturated carbocycles. The number of fused-ring (bicyclic) bond motifs is 2. The Morgan fingerprint density at radius 2 is 1.70 bits per heavy atom. The normalized spacial score (nSPS) is 31.4. The number of allylic oxidation sites excluding steroid dienone is 1. The fourth-order valence-electron chi connectivity index (χ4n) is 6.77. The summed E-state index contributed by atoms with van der Waals surface area (Å²) in [7, 11) is 0. The molecule has 2 aromatic carbocycles. The van der Waals surface area contributed by atoms with E-state index in [2.05, 4.69) is 21.2 Å². The summed E-state index contributed by atoms with van der Waals surface area (Å²) in [5.74, 6) is -3.74. The number of nitrogens with one attached hydrogen (secondary N) is 1. The van der Waals surface area contributed by atoms with E-state index < -0.39 is 47.6 Å². The molecular weight excluding hydrogens is 630 g/mol. The predicted molar refractivity (Wildman–Crippen MR) is 163 cm³/mol. The Balaban J connectivity index is 1.41. The van der Waals surface area contributed by atoms with E-state index in [4.69, 9.17) is 9.47 Å². The van der Waals surface area contributed by atoms with Crippen molar-refractivity contribution in [2.24, 2.45) is 11.8 Å². The number of β-amino-alcohol motifs (C(OH)–C–C–N with tert-alkyl or cyclic N) is 1. The molecule has 2 saturated heterocycles. The number of aliphatic hydroxyl groups excluding tert-OH is 1. The first kappa shape index (κ1) is 30.2. The second-order valence-electron chi connectivity index (χ2n) is 11.4. The van der Waals surface area contributed by atoms with Gasteiger partial charge in [0.15, 0.2) is 0 Å². The molecule has 0 unspecified atom stereocenters. The molecule has 44 heavy (non-hydrogen) atoms. The highest BCUT2D eigenvalue weighted by atomic mass is 79.9. The van der Waals surface area contributed by atoms with Gasteiger partial charge in [-0.05, 0) is 23.6 Å². The standard InChI is InChI=1S/C33H34BrN3O7/c34-23-18-33-27-26(28(23)44-33)32(42)43-24(22-12-6-2-7-13-22)19-35-25(39)14-8-3-9-15-36(20-21-10-4-1-5-11-21)31(41)29(33)37(16-17-38)30(27)40/h1-7,9-13,18,24,26-29,38H,8,14-17,19-20H2,(H,35,39)/b9-3-/t24-,26-,27+,28-,29-,33+/m0/s1. The minimum absolute atomic E-state index is 0.0555. The molecule has 5 bridgehead atoms. The van der Waals surface area contributed by atoms with Crippen molar-refractivity contribution in [3.63, 3.8) is 0 Å². The van der Waals surface area contributed by atoms with Gasteiger partial charge in [-0.25, -0.2) is 0 Å². The highest BCUT2D eigenvalue weighted by molar-refractivity contribution is 9.11. The molecule has 1 spiro atoms. The van der Waals surface area contributed by atoms with Gasteiger partial charge in [-0.3, -0.25) is 19.2 Å². The van der Waals surface area contributed by atoms with E-state index >= 15 is 0 Å². The second kappa shape index (κ2) is 12.7. The lowest BCUT2D eigenvalue weighted by Gasteiger charge is -2.35. The maximum Gasteiger partial charge on any atom is 0.313 e. The Morgan fingerprint density at radius 1 is 0.977 bits per heavy atom. The number of likely N-dealkylation sites (tertiary alicyclic amines) is 1. The lowest BCUT2D eigenvalue weighted by Crippen LogP contribution is -2.56. The van der Waals surface area contributed by atoms with Gasteiger partial charge in [-0.15, -0.1) is 0 Å². The smallest absolute Gasteiger partial charge is 0.313 e. The molecule has 11 heteroatoms. The molecule has 0 aliphatic carbocycles. The van der Waals surface area contributed by atoms with Crippen molar-refractivity contribution in [1.82, 2.24) is 15.1 Å².